The topological polar surface area (TPSA) is 76.6 Å². The molecule has 2 aromatic rings. The van der Waals surface area contributed by atoms with Crippen molar-refractivity contribution < 1.29 is 0 Å². The molecule has 0 bridgehead atoms. The number of hydrogen-bond acceptors (Lipinski definition) is 7. The van der Waals surface area contributed by atoms with Crippen LogP contribution in [0.4, 0.5) is 5.13 Å². The smallest absolute Gasteiger partial charge is 0.185 e. The van der Waals surface area contributed by atoms with Gasteiger partial charge in [-0.05, 0) is 26.0 Å². The summed E-state index contributed by atoms with van der Waals surface area (Å²) >= 11 is 3.08. The fourth-order valence-corrected chi connectivity index (χ4v) is 3.53. The van der Waals surface area contributed by atoms with E-state index >= 15 is 0 Å². The Bertz CT molecular complexity index is 781. The van der Waals surface area contributed by atoms with Gasteiger partial charge in [-0.3, -0.25) is 0 Å². The predicted molar refractivity (Wildman–Crippen MR) is 95.9 cm³/mol. The lowest BCUT2D eigenvalue weighted by atomic mass is 10.3. The van der Waals surface area contributed by atoms with Crippen molar-refractivity contribution in [1.29, 1.82) is 10.5 Å². The Balaban J connectivity index is 2.10. The van der Waals surface area contributed by atoms with Gasteiger partial charge in [0.05, 0.1) is 0 Å². The maximum Gasteiger partial charge on any atom is 0.185 e. The molecule has 0 radical (unpaired) electrons. The molecule has 0 unspecified atom stereocenters. The van der Waals surface area contributed by atoms with Gasteiger partial charge < -0.3 is 4.90 Å². The van der Waals surface area contributed by atoms with Gasteiger partial charge in [0.25, 0.3) is 0 Å². The molecule has 0 aromatic carbocycles. The molecule has 0 saturated carbocycles. The molecule has 0 atom stereocenters. The number of nitriles is 2. The number of aromatic nitrogens is 2. The molecule has 0 fully saturated rings. The van der Waals surface area contributed by atoms with Crippen LogP contribution in [-0.4, -0.2) is 23.1 Å². The zero-order valence-corrected chi connectivity index (χ0v) is 14.5. The first-order valence-electron chi connectivity index (χ1n) is 7.06. The summed E-state index contributed by atoms with van der Waals surface area (Å²) in [5, 5.41) is 19.2. The first-order chi connectivity index (χ1) is 11.2. The highest BCUT2D eigenvalue weighted by molar-refractivity contribution is 7.16. The van der Waals surface area contributed by atoms with E-state index in [-0.39, 0.29) is 5.57 Å². The number of anilines is 1. The highest BCUT2D eigenvalue weighted by Crippen LogP contribution is 2.25. The summed E-state index contributed by atoms with van der Waals surface area (Å²) in [5.74, 6) is 0. The minimum atomic E-state index is 0.0567. The maximum absolute atomic E-state index is 8.75. The van der Waals surface area contributed by atoms with E-state index < -0.39 is 0 Å². The molecule has 5 nitrogen and oxygen atoms in total. The van der Waals surface area contributed by atoms with E-state index in [1.807, 2.05) is 30.5 Å². The fraction of sp³-hybridized carbons (Fsp3) is 0.250. The molecule has 0 aliphatic rings. The van der Waals surface area contributed by atoms with Crippen LogP contribution in [0.5, 0.6) is 0 Å². The monoisotopic (exact) mass is 341 g/mol. The summed E-state index contributed by atoms with van der Waals surface area (Å²) in [6.07, 6.45) is 9.05. The van der Waals surface area contributed by atoms with Crippen molar-refractivity contribution >= 4 is 46.0 Å². The Morgan fingerprint density at radius 2 is 1.70 bits per heavy atom. The molecule has 2 aromatic heterocycles. The standard InChI is InChI=1S/C16H15N5S2/c1-3-21(4-2)16-20-11-14(23-16)6-5-13-10-19-15(22-13)7-12(8-17)9-18/h5-7,10-11H,3-4H2,1-2H3/b6-5+. The molecule has 0 saturated heterocycles. The van der Waals surface area contributed by atoms with Gasteiger partial charge in [0.1, 0.15) is 22.7 Å². The Labute approximate surface area is 143 Å². The number of nitrogens with zero attached hydrogens (tertiary/aromatic N) is 5. The molecule has 0 aliphatic heterocycles. The minimum absolute atomic E-state index is 0.0567. The molecule has 0 N–H and O–H groups in total. The largest absolute Gasteiger partial charge is 0.349 e. The Hall–Kier alpha value is -2.48. The average Bonchev–Trinajstić information content (AvgIpc) is 3.21. The molecular weight excluding hydrogens is 326 g/mol. The van der Waals surface area contributed by atoms with Gasteiger partial charge in [0.2, 0.25) is 0 Å². The first kappa shape index (κ1) is 16.9. The van der Waals surface area contributed by atoms with Gasteiger partial charge in [-0.1, -0.05) is 11.3 Å². The van der Waals surface area contributed by atoms with Gasteiger partial charge in [0, 0.05) is 41.3 Å². The van der Waals surface area contributed by atoms with Crippen molar-refractivity contribution in [2.24, 2.45) is 0 Å². The van der Waals surface area contributed by atoms with E-state index in [1.54, 1.807) is 17.5 Å². The Morgan fingerprint density at radius 3 is 2.30 bits per heavy atom. The quantitative estimate of drug-likeness (QED) is 0.741. The number of hydrogen-bond donors (Lipinski definition) is 0. The number of thiazole rings is 2. The zero-order valence-electron chi connectivity index (χ0n) is 12.9. The van der Waals surface area contributed by atoms with E-state index in [0.29, 0.717) is 5.01 Å². The van der Waals surface area contributed by atoms with Crippen LogP contribution >= 0.6 is 22.7 Å². The summed E-state index contributed by atoms with van der Waals surface area (Å²) in [6, 6.07) is 3.66. The second kappa shape index (κ2) is 8.23. The lowest BCUT2D eigenvalue weighted by Gasteiger charge is -2.16. The second-order valence-corrected chi connectivity index (χ2v) is 6.57. The van der Waals surface area contributed by atoms with E-state index in [2.05, 4.69) is 28.7 Å². The van der Waals surface area contributed by atoms with Crippen LogP contribution in [0.2, 0.25) is 0 Å². The van der Waals surface area contributed by atoms with Gasteiger partial charge in [-0.25, -0.2) is 9.97 Å². The summed E-state index contributed by atoms with van der Waals surface area (Å²) in [5.41, 5.74) is 0.0567. The first-order valence-corrected chi connectivity index (χ1v) is 8.70. The van der Waals surface area contributed by atoms with Crippen molar-refractivity contribution in [1.82, 2.24) is 9.97 Å². The van der Waals surface area contributed by atoms with Crippen LogP contribution in [0.1, 0.15) is 28.6 Å². The molecule has 116 valence electrons. The lowest BCUT2D eigenvalue weighted by Crippen LogP contribution is -2.21. The third-order valence-corrected chi connectivity index (χ3v) is 4.94. The van der Waals surface area contributed by atoms with Crippen LogP contribution < -0.4 is 4.90 Å². The van der Waals surface area contributed by atoms with Gasteiger partial charge >= 0.3 is 0 Å². The lowest BCUT2D eigenvalue weighted by molar-refractivity contribution is 0.860. The molecule has 0 aliphatic carbocycles. The summed E-state index contributed by atoms with van der Waals surface area (Å²) in [7, 11) is 0. The Morgan fingerprint density at radius 1 is 1.09 bits per heavy atom. The van der Waals surface area contributed by atoms with Crippen LogP contribution in [0.3, 0.4) is 0 Å². The predicted octanol–water partition coefficient (Wildman–Crippen LogP) is 4.05. The third-order valence-electron chi connectivity index (χ3n) is 3.01. The molecule has 7 heteroatoms. The van der Waals surface area contributed by atoms with E-state index in [9.17, 15) is 0 Å². The van der Waals surface area contributed by atoms with Crippen LogP contribution in [0.15, 0.2) is 18.0 Å². The van der Waals surface area contributed by atoms with Crippen LogP contribution in [0, 0.1) is 22.7 Å². The molecule has 0 amide bonds. The van der Waals surface area contributed by atoms with Crippen molar-refractivity contribution in [3.8, 4) is 12.1 Å². The highest BCUT2D eigenvalue weighted by Gasteiger charge is 2.06. The molecule has 2 rings (SSSR count). The molecular formula is C16H15N5S2. The zero-order chi connectivity index (χ0) is 16.7. The van der Waals surface area contributed by atoms with E-state index in [0.717, 1.165) is 28.0 Å². The van der Waals surface area contributed by atoms with E-state index in [4.69, 9.17) is 10.5 Å². The number of rotatable bonds is 6. The summed E-state index contributed by atoms with van der Waals surface area (Å²) < 4.78 is 0. The third kappa shape index (κ3) is 4.49. The summed E-state index contributed by atoms with van der Waals surface area (Å²) in [4.78, 5) is 12.9. The molecule has 23 heavy (non-hydrogen) atoms. The SMILES string of the molecule is CCN(CC)c1ncc(/C=C/c2cnc(C=C(C#N)C#N)s2)s1. The van der Waals surface area contributed by atoms with Crippen molar-refractivity contribution in [2.75, 3.05) is 18.0 Å². The molecule has 2 heterocycles. The summed E-state index contributed by atoms with van der Waals surface area (Å²) in [6.45, 7) is 6.11. The van der Waals surface area contributed by atoms with Gasteiger partial charge in [0.15, 0.2) is 5.13 Å². The Kier molecular flexibility index (Phi) is 6.04. The second-order valence-electron chi connectivity index (χ2n) is 4.43. The van der Waals surface area contributed by atoms with Gasteiger partial charge in [-0.2, -0.15) is 10.5 Å². The van der Waals surface area contributed by atoms with Crippen molar-refractivity contribution in [3.63, 3.8) is 0 Å². The minimum Gasteiger partial charge on any atom is -0.349 e. The van der Waals surface area contributed by atoms with Crippen LogP contribution in [0.25, 0.3) is 18.2 Å². The van der Waals surface area contributed by atoms with Crippen LogP contribution in [-0.2, 0) is 0 Å². The highest BCUT2D eigenvalue weighted by atomic mass is 32.1. The number of allylic oxidation sites excluding steroid dienone is 1. The normalized spacial score (nSPS) is 10.3. The van der Waals surface area contributed by atoms with Crippen molar-refractivity contribution in [2.45, 2.75) is 13.8 Å². The fourth-order valence-electron chi connectivity index (χ4n) is 1.82. The average molecular weight is 341 g/mol. The maximum atomic E-state index is 8.75. The van der Waals surface area contributed by atoms with E-state index in [1.165, 1.54) is 17.4 Å². The van der Waals surface area contributed by atoms with Gasteiger partial charge in [-0.15, -0.1) is 11.3 Å². The molecule has 0 spiro atoms. The van der Waals surface area contributed by atoms with Crippen molar-refractivity contribution in [3.05, 3.63) is 32.7 Å².